The van der Waals surface area contributed by atoms with Crippen molar-refractivity contribution in [1.82, 2.24) is 4.90 Å². The molecule has 1 amide bonds. The van der Waals surface area contributed by atoms with Gasteiger partial charge in [0.2, 0.25) is 0 Å². The molecule has 0 aliphatic carbocycles. The minimum atomic E-state index is -0.756. The van der Waals surface area contributed by atoms with Gasteiger partial charge in [0.1, 0.15) is 11.5 Å². The van der Waals surface area contributed by atoms with Gasteiger partial charge in [-0.25, -0.2) is 0 Å². The Morgan fingerprint density at radius 2 is 1.48 bits per heavy atom. The van der Waals surface area contributed by atoms with E-state index in [0.717, 1.165) is 11.3 Å². The maximum Gasteiger partial charge on any atom is 0.253 e. The molecule has 0 bridgehead atoms. The van der Waals surface area contributed by atoms with E-state index < -0.39 is 6.10 Å². The van der Waals surface area contributed by atoms with Crippen LogP contribution in [0.2, 0.25) is 0 Å². The second-order valence-corrected chi connectivity index (χ2v) is 5.20. The molecule has 0 aliphatic rings. The lowest BCUT2D eigenvalue weighted by molar-refractivity contribution is 0.0681. The third-order valence-corrected chi connectivity index (χ3v) is 3.63. The molecule has 1 unspecified atom stereocenters. The molecule has 1 atom stereocenters. The summed E-state index contributed by atoms with van der Waals surface area (Å²) in [6.07, 6.45) is -0.756. The third kappa shape index (κ3) is 4.23. The fraction of sp³-hybridized carbons (Fsp3) is 0.278. The molecule has 2 rings (SSSR count). The number of methoxy groups -OCH3 is 2. The molecule has 23 heavy (non-hydrogen) atoms. The van der Waals surface area contributed by atoms with Gasteiger partial charge in [-0.15, -0.1) is 0 Å². The monoisotopic (exact) mass is 315 g/mol. The van der Waals surface area contributed by atoms with Crippen molar-refractivity contribution in [3.8, 4) is 11.5 Å². The SMILES string of the molecule is COc1ccc(C(=O)N(C)CC(O)c2ccc(OC)cc2)cc1. The summed E-state index contributed by atoms with van der Waals surface area (Å²) in [5.74, 6) is 1.27. The number of hydrogen-bond donors (Lipinski definition) is 1. The number of amides is 1. The van der Waals surface area contributed by atoms with E-state index in [4.69, 9.17) is 9.47 Å². The van der Waals surface area contributed by atoms with E-state index in [0.29, 0.717) is 11.3 Å². The standard InChI is InChI=1S/C18H21NO4/c1-19(18(21)14-6-10-16(23-3)11-7-14)12-17(20)13-4-8-15(22-2)9-5-13/h4-11,17,20H,12H2,1-3H3. The van der Waals surface area contributed by atoms with E-state index in [-0.39, 0.29) is 12.5 Å². The van der Waals surface area contributed by atoms with E-state index in [1.54, 1.807) is 69.8 Å². The summed E-state index contributed by atoms with van der Waals surface area (Å²) in [5, 5.41) is 10.3. The molecule has 0 aliphatic heterocycles. The molecule has 1 N–H and O–H groups in total. The van der Waals surface area contributed by atoms with E-state index in [2.05, 4.69) is 0 Å². The first kappa shape index (κ1) is 16.8. The lowest BCUT2D eigenvalue weighted by atomic mass is 10.1. The van der Waals surface area contributed by atoms with Gasteiger partial charge < -0.3 is 19.5 Å². The average molecular weight is 315 g/mol. The molecular formula is C18H21NO4. The summed E-state index contributed by atoms with van der Waals surface area (Å²) < 4.78 is 10.2. The fourth-order valence-corrected chi connectivity index (χ4v) is 2.23. The molecule has 0 saturated heterocycles. The summed E-state index contributed by atoms with van der Waals surface area (Å²) >= 11 is 0. The molecule has 0 fully saturated rings. The van der Waals surface area contributed by atoms with Crippen LogP contribution in [0, 0.1) is 0 Å². The van der Waals surface area contributed by atoms with Gasteiger partial charge in [0.05, 0.1) is 26.9 Å². The van der Waals surface area contributed by atoms with Crippen LogP contribution in [0.15, 0.2) is 48.5 Å². The van der Waals surface area contributed by atoms with Gasteiger partial charge in [-0.3, -0.25) is 4.79 Å². The molecule has 0 spiro atoms. The maximum absolute atomic E-state index is 12.4. The Hall–Kier alpha value is -2.53. The maximum atomic E-state index is 12.4. The molecule has 0 radical (unpaired) electrons. The van der Waals surface area contributed by atoms with Crippen LogP contribution in [0.4, 0.5) is 0 Å². The molecule has 0 saturated carbocycles. The van der Waals surface area contributed by atoms with Crippen LogP contribution in [0.5, 0.6) is 11.5 Å². The van der Waals surface area contributed by atoms with E-state index >= 15 is 0 Å². The third-order valence-electron chi connectivity index (χ3n) is 3.63. The van der Waals surface area contributed by atoms with Gasteiger partial charge in [0, 0.05) is 12.6 Å². The molecular weight excluding hydrogens is 294 g/mol. The summed E-state index contributed by atoms with van der Waals surface area (Å²) in [7, 11) is 4.83. The summed E-state index contributed by atoms with van der Waals surface area (Å²) in [6, 6.07) is 14.0. The number of ether oxygens (including phenoxy) is 2. The highest BCUT2D eigenvalue weighted by Gasteiger charge is 2.16. The first-order valence-corrected chi connectivity index (χ1v) is 7.26. The van der Waals surface area contributed by atoms with Gasteiger partial charge in [-0.05, 0) is 42.0 Å². The van der Waals surface area contributed by atoms with Crippen molar-refractivity contribution >= 4 is 5.91 Å². The fourth-order valence-electron chi connectivity index (χ4n) is 2.23. The van der Waals surface area contributed by atoms with Crippen molar-refractivity contribution in [2.75, 3.05) is 27.8 Å². The highest BCUT2D eigenvalue weighted by molar-refractivity contribution is 5.94. The highest BCUT2D eigenvalue weighted by Crippen LogP contribution is 2.19. The van der Waals surface area contributed by atoms with Crippen LogP contribution >= 0.6 is 0 Å². The molecule has 5 heteroatoms. The zero-order valence-corrected chi connectivity index (χ0v) is 13.5. The van der Waals surface area contributed by atoms with Crippen molar-refractivity contribution in [1.29, 1.82) is 0 Å². The normalized spacial score (nSPS) is 11.7. The lowest BCUT2D eigenvalue weighted by Crippen LogP contribution is -2.31. The minimum Gasteiger partial charge on any atom is -0.497 e. The Labute approximate surface area is 136 Å². The van der Waals surface area contributed by atoms with Gasteiger partial charge in [-0.1, -0.05) is 12.1 Å². The summed E-state index contributed by atoms with van der Waals surface area (Å²) in [4.78, 5) is 13.9. The number of hydrogen-bond acceptors (Lipinski definition) is 4. The Kier molecular flexibility index (Phi) is 5.60. The van der Waals surface area contributed by atoms with Crippen LogP contribution in [0.25, 0.3) is 0 Å². The molecule has 0 heterocycles. The summed E-state index contributed by atoms with van der Waals surface area (Å²) in [6.45, 7) is 0.206. The van der Waals surface area contributed by atoms with Gasteiger partial charge in [-0.2, -0.15) is 0 Å². The van der Waals surface area contributed by atoms with E-state index in [1.165, 1.54) is 4.90 Å². The smallest absolute Gasteiger partial charge is 0.253 e. The largest absolute Gasteiger partial charge is 0.497 e. The number of aliphatic hydroxyl groups excluding tert-OH is 1. The molecule has 122 valence electrons. The first-order chi connectivity index (χ1) is 11.0. The zero-order chi connectivity index (χ0) is 16.8. The van der Waals surface area contributed by atoms with Crippen LogP contribution in [0.3, 0.4) is 0 Å². The first-order valence-electron chi connectivity index (χ1n) is 7.26. The number of benzene rings is 2. The van der Waals surface area contributed by atoms with Gasteiger partial charge in [0.25, 0.3) is 5.91 Å². The Morgan fingerprint density at radius 3 is 1.96 bits per heavy atom. The minimum absolute atomic E-state index is 0.153. The topological polar surface area (TPSA) is 59.0 Å². The number of nitrogens with zero attached hydrogens (tertiary/aromatic N) is 1. The average Bonchev–Trinajstić information content (AvgIpc) is 2.61. The van der Waals surface area contributed by atoms with Gasteiger partial charge >= 0.3 is 0 Å². The van der Waals surface area contributed by atoms with Crippen molar-refractivity contribution < 1.29 is 19.4 Å². The van der Waals surface area contributed by atoms with Crippen molar-refractivity contribution in [2.45, 2.75) is 6.10 Å². The summed E-state index contributed by atoms with van der Waals surface area (Å²) in [5.41, 5.74) is 1.29. The molecule has 2 aromatic rings. The van der Waals surface area contributed by atoms with Crippen LogP contribution in [-0.4, -0.2) is 43.7 Å². The Balaban J connectivity index is 2.01. The van der Waals surface area contributed by atoms with Crippen LogP contribution in [-0.2, 0) is 0 Å². The highest BCUT2D eigenvalue weighted by atomic mass is 16.5. The number of carbonyl (C=O) groups excluding carboxylic acids is 1. The number of rotatable bonds is 6. The van der Waals surface area contributed by atoms with E-state index in [1.807, 2.05) is 0 Å². The molecule has 2 aromatic carbocycles. The Bertz CT molecular complexity index is 637. The Morgan fingerprint density at radius 1 is 1.00 bits per heavy atom. The van der Waals surface area contributed by atoms with Crippen LogP contribution in [0.1, 0.15) is 22.0 Å². The van der Waals surface area contributed by atoms with E-state index in [9.17, 15) is 9.90 Å². The predicted molar refractivity (Wildman–Crippen MR) is 87.9 cm³/mol. The number of aliphatic hydroxyl groups is 1. The molecule has 5 nitrogen and oxygen atoms in total. The van der Waals surface area contributed by atoms with Crippen molar-refractivity contribution in [3.05, 3.63) is 59.7 Å². The lowest BCUT2D eigenvalue weighted by Gasteiger charge is -2.21. The van der Waals surface area contributed by atoms with Crippen LogP contribution < -0.4 is 9.47 Å². The zero-order valence-electron chi connectivity index (χ0n) is 13.5. The second-order valence-electron chi connectivity index (χ2n) is 5.20. The van der Waals surface area contributed by atoms with Crippen molar-refractivity contribution in [2.24, 2.45) is 0 Å². The second kappa shape index (κ2) is 7.65. The van der Waals surface area contributed by atoms with Gasteiger partial charge in [0.15, 0.2) is 0 Å². The number of likely N-dealkylation sites (N-methyl/N-ethyl adjacent to an activating group) is 1. The number of carbonyl (C=O) groups is 1. The quantitative estimate of drug-likeness (QED) is 0.890. The van der Waals surface area contributed by atoms with Crippen molar-refractivity contribution in [3.63, 3.8) is 0 Å². The predicted octanol–water partition coefficient (Wildman–Crippen LogP) is 2.51. The molecule has 0 aromatic heterocycles.